The normalized spacial score (nSPS) is 17.4. The van der Waals surface area contributed by atoms with Crippen LogP contribution >= 0.6 is 15.9 Å². The number of hydrogen-bond acceptors (Lipinski definition) is 3. The third-order valence-electron chi connectivity index (χ3n) is 3.73. The van der Waals surface area contributed by atoms with Crippen molar-refractivity contribution in [3.8, 4) is 5.75 Å². The van der Waals surface area contributed by atoms with Gasteiger partial charge in [-0.1, -0.05) is 13.8 Å². The predicted octanol–water partition coefficient (Wildman–Crippen LogP) is 3.99. The summed E-state index contributed by atoms with van der Waals surface area (Å²) in [6.07, 6.45) is 2.44. The first-order chi connectivity index (χ1) is 9.58. The fourth-order valence-corrected chi connectivity index (χ4v) is 3.31. The van der Waals surface area contributed by atoms with Gasteiger partial charge < -0.3 is 15.0 Å². The zero-order valence-electron chi connectivity index (χ0n) is 12.7. The van der Waals surface area contributed by atoms with Crippen molar-refractivity contribution in [3.63, 3.8) is 0 Å². The van der Waals surface area contributed by atoms with E-state index in [4.69, 9.17) is 4.74 Å². The summed E-state index contributed by atoms with van der Waals surface area (Å²) in [5.74, 6) is 1.64. The quantitative estimate of drug-likeness (QED) is 0.876. The van der Waals surface area contributed by atoms with Gasteiger partial charge in [0.25, 0.3) is 0 Å². The molecule has 1 aromatic rings. The van der Waals surface area contributed by atoms with E-state index in [1.807, 2.05) is 6.07 Å². The topological polar surface area (TPSA) is 24.5 Å². The van der Waals surface area contributed by atoms with Crippen LogP contribution in [0.1, 0.15) is 26.7 Å². The average molecular weight is 341 g/mol. The Labute approximate surface area is 130 Å². The monoisotopic (exact) mass is 340 g/mol. The van der Waals surface area contributed by atoms with Crippen LogP contribution in [0.3, 0.4) is 0 Å². The summed E-state index contributed by atoms with van der Waals surface area (Å²) in [7, 11) is 1.69. The molecule has 0 amide bonds. The molecule has 0 atom stereocenters. The molecule has 0 aromatic heterocycles. The average Bonchev–Trinajstić information content (AvgIpc) is 2.41. The fourth-order valence-electron chi connectivity index (χ4n) is 2.77. The standard InChI is InChI=1S/C16H25BrN2O/c1-12(2)11-19-8-6-13(7-9-19)18-14-4-5-16(20-3)15(17)10-14/h4-5,10,12-13,18H,6-9,11H2,1-3H3. The van der Waals surface area contributed by atoms with E-state index >= 15 is 0 Å². The summed E-state index contributed by atoms with van der Waals surface area (Å²) in [6.45, 7) is 8.21. The van der Waals surface area contributed by atoms with Gasteiger partial charge in [0.15, 0.2) is 0 Å². The van der Waals surface area contributed by atoms with Crippen molar-refractivity contribution in [1.82, 2.24) is 4.90 Å². The summed E-state index contributed by atoms with van der Waals surface area (Å²) in [6, 6.07) is 6.77. The summed E-state index contributed by atoms with van der Waals surface area (Å²) < 4.78 is 6.26. The SMILES string of the molecule is COc1ccc(NC2CCN(CC(C)C)CC2)cc1Br. The van der Waals surface area contributed by atoms with Gasteiger partial charge in [0.1, 0.15) is 5.75 Å². The lowest BCUT2D eigenvalue weighted by Gasteiger charge is -2.33. The van der Waals surface area contributed by atoms with Gasteiger partial charge in [-0.05, 0) is 52.9 Å². The maximum Gasteiger partial charge on any atom is 0.133 e. The number of halogens is 1. The number of likely N-dealkylation sites (tertiary alicyclic amines) is 1. The first-order valence-electron chi connectivity index (χ1n) is 7.41. The molecule has 3 nitrogen and oxygen atoms in total. The Morgan fingerprint density at radius 3 is 2.60 bits per heavy atom. The third-order valence-corrected chi connectivity index (χ3v) is 4.35. The van der Waals surface area contributed by atoms with Gasteiger partial charge in [-0.2, -0.15) is 0 Å². The van der Waals surface area contributed by atoms with Crippen molar-refractivity contribution >= 4 is 21.6 Å². The third kappa shape index (κ3) is 4.38. The van der Waals surface area contributed by atoms with E-state index in [9.17, 15) is 0 Å². The van der Waals surface area contributed by atoms with E-state index < -0.39 is 0 Å². The molecule has 1 aliphatic heterocycles. The van der Waals surface area contributed by atoms with E-state index in [-0.39, 0.29) is 0 Å². The summed E-state index contributed by atoms with van der Waals surface area (Å²) in [4.78, 5) is 2.58. The van der Waals surface area contributed by atoms with Gasteiger partial charge in [0.05, 0.1) is 11.6 Å². The molecule has 0 unspecified atom stereocenters. The van der Waals surface area contributed by atoms with Crippen molar-refractivity contribution in [2.24, 2.45) is 5.92 Å². The van der Waals surface area contributed by atoms with Crippen molar-refractivity contribution in [2.75, 3.05) is 32.1 Å². The Hall–Kier alpha value is -0.740. The number of anilines is 1. The van der Waals surface area contributed by atoms with Crippen molar-refractivity contribution in [2.45, 2.75) is 32.7 Å². The molecular weight excluding hydrogens is 316 g/mol. The lowest BCUT2D eigenvalue weighted by atomic mass is 10.0. The number of ether oxygens (including phenoxy) is 1. The molecule has 20 heavy (non-hydrogen) atoms. The van der Waals surface area contributed by atoms with Crippen LogP contribution in [0.5, 0.6) is 5.75 Å². The smallest absolute Gasteiger partial charge is 0.133 e. The Bertz CT molecular complexity index is 428. The van der Waals surface area contributed by atoms with E-state index in [0.29, 0.717) is 6.04 Å². The number of piperidine rings is 1. The van der Waals surface area contributed by atoms with Crippen LogP contribution in [-0.2, 0) is 0 Å². The molecule has 0 bridgehead atoms. The molecule has 1 aromatic carbocycles. The molecule has 1 fully saturated rings. The van der Waals surface area contributed by atoms with Crippen LogP contribution in [0, 0.1) is 5.92 Å². The van der Waals surface area contributed by atoms with Gasteiger partial charge in [0.2, 0.25) is 0 Å². The first kappa shape index (κ1) is 15.6. The minimum atomic E-state index is 0.582. The molecule has 4 heteroatoms. The lowest BCUT2D eigenvalue weighted by molar-refractivity contribution is 0.198. The van der Waals surface area contributed by atoms with Crippen molar-refractivity contribution in [1.29, 1.82) is 0 Å². The van der Waals surface area contributed by atoms with Crippen molar-refractivity contribution in [3.05, 3.63) is 22.7 Å². The Balaban J connectivity index is 1.85. The molecule has 0 saturated carbocycles. The van der Waals surface area contributed by atoms with Gasteiger partial charge in [-0.3, -0.25) is 0 Å². The molecule has 1 saturated heterocycles. The summed E-state index contributed by atoms with van der Waals surface area (Å²) in [5, 5.41) is 3.63. The number of benzene rings is 1. The molecular formula is C16H25BrN2O. The zero-order valence-corrected chi connectivity index (χ0v) is 14.2. The fraction of sp³-hybridized carbons (Fsp3) is 0.625. The molecule has 0 aliphatic carbocycles. The summed E-state index contributed by atoms with van der Waals surface area (Å²) in [5.41, 5.74) is 1.17. The van der Waals surface area contributed by atoms with Gasteiger partial charge in [-0.15, -0.1) is 0 Å². The van der Waals surface area contributed by atoms with Gasteiger partial charge in [0, 0.05) is 31.4 Å². The van der Waals surface area contributed by atoms with Crippen LogP contribution in [0.25, 0.3) is 0 Å². The van der Waals surface area contributed by atoms with Crippen LogP contribution in [0.2, 0.25) is 0 Å². The minimum Gasteiger partial charge on any atom is -0.496 e. The van der Waals surface area contributed by atoms with Gasteiger partial charge in [-0.25, -0.2) is 0 Å². The van der Waals surface area contributed by atoms with Crippen LogP contribution in [0.4, 0.5) is 5.69 Å². The number of nitrogens with one attached hydrogen (secondary N) is 1. The second kappa shape index (κ2) is 7.32. The molecule has 0 spiro atoms. The first-order valence-corrected chi connectivity index (χ1v) is 8.20. The highest BCUT2D eigenvalue weighted by Crippen LogP contribution is 2.28. The molecule has 1 heterocycles. The molecule has 0 radical (unpaired) electrons. The Morgan fingerprint density at radius 2 is 2.05 bits per heavy atom. The largest absolute Gasteiger partial charge is 0.496 e. The highest BCUT2D eigenvalue weighted by molar-refractivity contribution is 9.10. The molecule has 112 valence electrons. The zero-order chi connectivity index (χ0) is 14.5. The Morgan fingerprint density at radius 1 is 1.35 bits per heavy atom. The number of methoxy groups -OCH3 is 1. The molecule has 2 rings (SSSR count). The van der Waals surface area contributed by atoms with E-state index in [1.54, 1.807) is 7.11 Å². The van der Waals surface area contributed by atoms with Crippen molar-refractivity contribution < 1.29 is 4.74 Å². The van der Waals surface area contributed by atoms with Gasteiger partial charge >= 0.3 is 0 Å². The number of hydrogen-bond donors (Lipinski definition) is 1. The second-order valence-electron chi connectivity index (χ2n) is 5.96. The highest BCUT2D eigenvalue weighted by Gasteiger charge is 2.19. The van der Waals surface area contributed by atoms with Crippen LogP contribution in [-0.4, -0.2) is 37.7 Å². The maximum absolute atomic E-state index is 5.26. The second-order valence-corrected chi connectivity index (χ2v) is 6.82. The van der Waals surface area contributed by atoms with E-state index in [0.717, 1.165) is 16.1 Å². The van der Waals surface area contributed by atoms with E-state index in [1.165, 1.54) is 38.2 Å². The lowest BCUT2D eigenvalue weighted by Crippen LogP contribution is -2.40. The maximum atomic E-state index is 5.26. The highest BCUT2D eigenvalue weighted by atomic mass is 79.9. The van der Waals surface area contributed by atoms with E-state index in [2.05, 4.69) is 52.1 Å². The Kier molecular flexibility index (Phi) is 5.73. The number of nitrogens with zero attached hydrogens (tertiary/aromatic N) is 1. The number of rotatable bonds is 5. The van der Waals surface area contributed by atoms with Crippen LogP contribution < -0.4 is 10.1 Å². The van der Waals surface area contributed by atoms with Crippen LogP contribution in [0.15, 0.2) is 22.7 Å². The molecule has 1 N–H and O–H groups in total. The predicted molar refractivity (Wildman–Crippen MR) is 88.6 cm³/mol. The molecule has 1 aliphatic rings. The summed E-state index contributed by atoms with van der Waals surface area (Å²) >= 11 is 3.54. The minimum absolute atomic E-state index is 0.582.